The first-order chi connectivity index (χ1) is 13.3. The summed E-state index contributed by atoms with van der Waals surface area (Å²) < 4.78 is 23.0. The molecule has 3 heterocycles. The molecule has 0 saturated carbocycles. The first-order valence-corrected chi connectivity index (χ1v) is 8.60. The van der Waals surface area contributed by atoms with Crippen LogP contribution in [0.2, 0.25) is 0 Å². The zero-order valence-electron chi connectivity index (χ0n) is 15.1. The summed E-state index contributed by atoms with van der Waals surface area (Å²) in [6.45, 7) is 3.42. The highest BCUT2D eigenvalue weighted by atomic mass is 32.1. The molecule has 28 heavy (non-hydrogen) atoms. The van der Waals surface area contributed by atoms with E-state index >= 15 is 0 Å². The fraction of sp³-hybridized carbons (Fsp3) is 0.533. The van der Waals surface area contributed by atoms with Crippen LogP contribution in [0.5, 0.6) is 0 Å². The van der Waals surface area contributed by atoms with Crippen LogP contribution in [0.4, 0.5) is 0 Å². The van der Waals surface area contributed by atoms with Crippen molar-refractivity contribution in [2.45, 2.75) is 45.3 Å². The predicted molar refractivity (Wildman–Crippen MR) is 92.2 cm³/mol. The number of carbonyl (C=O) groups is 3. The van der Waals surface area contributed by atoms with Gasteiger partial charge >= 0.3 is 17.9 Å². The van der Waals surface area contributed by atoms with Crippen molar-refractivity contribution in [3.8, 4) is 0 Å². The number of aromatic amines is 1. The summed E-state index contributed by atoms with van der Waals surface area (Å²) in [7, 11) is 0. The van der Waals surface area contributed by atoms with Gasteiger partial charge < -0.3 is 23.9 Å². The number of fused-ring (bicyclic) bond motifs is 1. The van der Waals surface area contributed by atoms with Crippen LogP contribution in [-0.4, -0.2) is 67.8 Å². The molecule has 0 amide bonds. The quantitative estimate of drug-likeness (QED) is 0.409. The van der Waals surface area contributed by atoms with Gasteiger partial charge in [0.1, 0.15) is 12.7 Å². The van der Waals surface area contributed by atoms with E-state index in [1.165, 1.54) is 31.8 Å². The van der Waals surface area contributed by atoms with Crippen LogP contribution in [0.3, 0.4) is 0 Å². The summed E-state index contributed by atoms with van der Waals surface area (Å²) in [4.78, 5) is 41.2. The average molecular weight is 411 g/mol. The molecule has 2 aromatic heterocycles. The number of esters is 3. The molecule has 4 atom stereocenters. The molecule has 1 fully saturated rings. The van der Waals surface area contributed by atoms with Crippen molar-refractivity contribution in [2.24, 2.45) is 0 Å². The first-order valence-electron chi connectivity index (χ1n) is 8.19. The van der Waals surface area contributed by atoms with Gasteiger partial charge in [0, 0.05) is 20.8 Å². The molecule has 0 radical (unpaired) electrons. The van der Waals surface area contributed by atoms with Gasteiger partial charge in [0.05, 0.1) is 6.33 Å². The van der Waals surface area contributed by atoms with E-state index in [1.54, 1.807) is 0 Å². The van der Waals surface area contributed by atoms with Crippen molar-refractivity contribution < 1.29 is 33.3 Å². The second kappa shape index (κ2) is 7.98. The number of hydrogen-bond acceptors (Lipinski definition) is 11. The van der Waals surface area contributed by atoms with Crippen LogP contribution < -0.4 is 0 Å². The van der Waals surface area contributed by atoms with E-state index in [0.717, 1.165) is 0 Å². The molecule has 12 nitrogen and oxygen atoms in total. The third kappa shape index (κ3) is 3.99. The average Bonchev–Trinajstić information content (AvgIpc) is 3.16. The summed E-state index contributed by atoms with van der Waals surface area (Å²) in [6.07, 6.45) is -2.66. The Morgan fingerprint density at radius 3 is 2.50 bits per heavy atom. The Bertz CT molecular complexity index is 973. The summed E-state index contributed by atoms with van der Waals surface area (Å²) in [6, 6.07) is 0. The minimum Gasteiger partial charge on any atom is -0.463 e. The van der Waals surface area contributed by atoms with Gasteiger partial charge in [-0.15, -0.1) is 5.10 Å². The van der Waals surface area contributed by atoms with E-state index in [2.05, 4.69) is 20.3 Å². The van der Waals surface area contributed by atoms with Crippen molar-refractivity contribution >= 4 is 41.3 Å². The van der Waals surface area contributed by atoms with E-state index in [9.17, 15) is 14.4 Å². The van der Waals surface area contributed by atoms with Crippen LogP contribution in [0.15, 0.2) is 6.33 Å². The maximum absolute atomic E-state index is 11.7. The van der Waals surface area contributed by atoms with Crippen LogP contribution in [0.25, 0.3) is 11.2 Å². The lowest BCUT2D eigenvalue weighted by atomic mass is 10.1. The zero-order chi connectivity index (χ0) is 20.4. The van der Waals surface area contributed by atoms with E-state index < -0.39 is 42.4 Å². The summed E-state index contributed by atoms with van der Waals surface area (Å²) >= 11 is 5.11. The molecule has 3 rings (SSSR count). The van der Waals surface area contributed by atoms with Gasteiger partial charge in [-0.1, -0.05) is 17.4 Å². The van der Waals surface area contributed by atoms with Crippen LogP contribution in [-0.2, 0) is 33.3 Å². The molecule has 1 N–H and O–H groups in total. The molecule has 0 bridgehead atoms. The molecular formula is C15H17N5O7S. The lowest BCUT2D eigenvalue weighted by Crippen LogP contribution is -2.40. The Kier molecular flexibility index (Phi) is 5.65. The van der Waals surface area contributed by atoms with E-state index in [0.29, 0.717) is 11.2 Å². The Labute approximate surface area is 163 Å². The van der Waals surface area contributed by atoms with E-state index in [-0.39, 0.29) is 11.2 Å². The predicted octanol–water partition coefficient (Wildman–Crippen LogP) is 0.208. The summed E-state index contributed by atoms with van der Waals surface area (Å²) in [5.41, 5.74) is 0.687. The molecular weight excluding hydrogens is 394 g/mol. The van der Waals surface area contributed by atoms with Gasteiger partial charge in [0.25, 0.3) is 0 Å². The number of rotatable bonds is 5. The molecule has 0 aliphatic carbocycles. The number of hydrogen-bond donors (Lipinski definition) is 1. The Morgan fingerprint density at radius 1 is 1.18 bits per heavy atom. The van der Waals surface area contributed by atoms with Crippen LogP contribution in [0, 0.1) is 4.64 Å². The largest absolute Gasteiger partial charge is 0.463 e. The Morgan fingerprint density at radius 2 is 1.86 bits per heavy atom. The monoisotopic (exact) mass is 411 g/mol. The highest BCUT2D eigenvalue weighted by molar-refractivity contribution is 7.71. The molecule has 150 valence electrons. The second-order valence-corrected chi connectivity index (χ2v) is 6.34. The van der Waals surface area contributed by atoms with Gasteiger partial charge in [-0.3, -0.25) is 14.4 Å². The number of carbonyl (C=O) groups excluding carboxylic acids is 3. The molecule has 1 aliphatic rings. The first kappa shape index (κ1) is 19.8. The topological polar surface area (TPSA) is 148 Å². The van der Waals surface area contributed by atoms with Gasteiger partial charge in [-0.05, 0) is 0 Å². The summed E-state index contributed by atoms with van der Waals surface area (Å²) in [5.74, 6) is -1.78. The second-order valence-electron chi connectivity index (χ2n) is 5.95. The highest BCUT2D eigenvalue weighted by Crippen LogP contribution is 2.35. The molecule has 0 aromatic carbocycles. The lowest BCUT2D eigenvalue weighted by molar-refractivity contribution is -0.166. The normalized spacial score (nSPS) is 24.1. The number of aromatic nitrogens is 5. The lowest BCUT2D eigenvalue weighted by Gasteiger charge is -2.23. The molecule has 0 unspecified atom stereocenters. The van der Waals surface area contributed by atoms with Crippen molar-refractivity contribution in [3.63, 3.8) is 0 Å². The number of nitrogens with one attached hydrogen (secondary N) is 1. The molecule has 1 saturated heterocycles. The van der Waals surface area contributed by atoms with Crippen molar-refractivity contribution in [1.82, 2.24) is 25.0 Å². The Balaban J connectivity index is 2.02. The van der Waals surface area contributed by atoms with E-state index in [1.807, 2.05) is 0 Å². The number of ether oxygens (including phenoxy) is 4. The minimum atomic E-state index is -1.07. The van der Waals surface area contributed by atoms with Gasteiger partial charge in [0.2, 0.25) is 0 Å². The summed E-state index contributed by atoms with van der Waals surface area (Å²) in [5, 5.41) is 7.97. The van der Waals surface area contributed by atoms with Crippen molar-refractivity contribution in [1.29, 1.82) is 0 Å². The number of nitrogens with zero attached hydrogens (tertiary/aromatic N) is 4. The number of H-pyrrole nitrogens is 1. The smallest absolute Gasteiger partial charge is 0.303 e. The molecule has 1 aliphatic heterocycles. The zero-order valence-corrected chi connectivity index (χ0v) is 16.0. The van der Waals surface area contributed by atoms with Gasteiger partial charge in [-0.2, -0.15) is 4.68 Å². The molecule has 0 spiro atoms. The van der Waals surface area contributed by atoms with Crippen molar-refractivity contribution in [3.05, 3.63) is 11.0 Å². The maximum atomic E-state index is 11.7. The van der Waals surface area contributed by atoms with Crippen LogP contribution >= 0.6 is 12.2 Å². The van der Waals surface area contributed by atoms with E-state index in [4.69, 9.17) is 31.2 Å². The fourth-order valence-electron chi connectivity index (χ4n) is 2.85. The maximum Gasteiger partial charge on any atom is 0.303 e. The third-order valence-corrected chi connectivity index (χ3v) is 4.16. The minimum absolute atomic E-state index is 0.217. The fourth-order valence-corrected chi connectivity index (χ4v) is 3.04. The highest BCUT2D eigenvalue weighted by Gasteiger charge is 2.51. The van der Waals surface area contributed by atoms with Gasteiger partial charge in [-0.25, -0.2) is 4.98 Å². The van der Waals surface area contributed by atoms with Crippen LogP contribution in [0.1, 0.15) is 27.0 Å². The van der Waals surface area contributed by atoms with Crippen molar-refractivity contribution in [2.75, 3.05) is 6.61 Å². The van der Waals surface area contributed by atoms with Gasteiger partial charge in [0.15, 0.2) is 34.2 Å². The molecule has 2 aromatic rings. The standard InChI is InChI=1S/C15H17N5O7S/c1-6(21)24-4-9-11(25-7(2)22)12(26-8(3)23)15(27-9)20-13-10(18-19-20)14(28)17-5-16-13/h5,9,11-12,15H,4H2,1-3H3,(H,16,17,28)/t9-,11-,12-,15-/m1/s1. The Hall–Kier alpha value is -2.93. The SMILES string of the molecule is CC(=O)OC[C@H]1O[C@@H](n2nnc3c(=S)nc[nH]c32)[C@H](OC(C)=O)[C@@H]1OC(C)=O. The molecule has 13 heteroatoms. The third-order valence-electron chi connectivity index (χ3n) is 3.86.